The summed E-state index contributed by atoms with van der Waals surface area (Å²) in [5, 5.41) is 3.19. The van der Waals surface area contributed by atoms with Crippen molar-refractivity contribution in [1.29, 1.82) is 0 Å². The van der Waals surface area contributed by atoms with Crippen LogP contribution in [-0.4, -0.2) is 74.7 Å². The maximum atomic E-state index is 4.57. The Balaban J connectivity index is 1.94. The average Bonchev–Trinajstić information content (AvgIpc) is 2.69. The second-order valence-electron chi connectivity index (χ2n) is 7.56. The SMILES string of the molecule is C=CN=C(CN1CCN(CC(C=BC)=C(C)C)CC1)c1ccc(CNC)cc1. The Hall–Kier alpha value is -1.82. The van der Waals surface area contributed by atoms with E-state index in [0.717, 1.165) is 51.5 Å². The predicted octanol–water partition coefficient (Wildman–Crippen LogP) is 2.85. The van der Waals surface area contributed by atoms with E-state index in [-0.39, 0.29) is 0 Å². The number of aliphatic imine (C=N–C) groups is 1. The van der Waals surface area contributed by atoms with Crippen LogP contribution in [0.25, 0.3) is 0 Å². The van der Waals surface area contributed by atoms with E-state index in [9.17, 15) is 0 Å². The van der Waals surface area contributed by atoms with Gasteiger partial charge in [0.05, 0.1) is 0 Å². The van der Waals surface area contributed by atoms with E-state index in [1.807, 2.05) is 7.05 Å². The third-order valence-electron chi connectivity index (χ3n) is 5.16. The zero-order valence-corrected chi connectivity index (χ0v) is 18.0. The van der Waals surface area contributed by atoms with Crippen molar-refractivity contribution in [2.75, 3.05) is 46.3 Å². The monoisotopic (exact) mass is 378 g/mol. The van der Waals surface area contributed by atoms with Gasteiger partial charge in [-0.1, -0.05) is 0 Å². The van der Waals surface area contributed by atoms with Crippen LogP contribution in [0.5, 0.6) is 0 Å². The molecule has 1 heterocycles. The Bertz CT molecular complexity index is 707. The first-order valence-electron chi connectivity index (χ1n) is 10.2. The summed E-state index contributed by atoms with van der Waals surface area (Å²) in [5.74, 6) is 2.24. The van der Waals surface area contributed by atoms with E-state index >= 15 is 0 Å². The van der Waals surface area contributed by atoms with Crippen molar-refractivity contribution in [3.63, 3.8) is 0 Å². The number of allylic oxidation sites excluding steroid dienone is 1. The van der Waals surface area contributed by atoms with Crippen molar-refractivity contribution >= 4 is 18.6 Å². The minimum absolute atomic E-state index is 0.871. The van der Waals surface area contributed by atoms with E-state index in [0.29, 0.717) is 0 Å². The molecule has 150 valence electrons. The number of nitrogens with one attached hydrogen (secondary N) is 1. The predicted molar refractivity (Wildman–Crippen MR) is 125 cm³/mol. The summed E-state index contributed by atoms with van der Waals surface area (Å²) >= 11 is 0. The van der Waals surface area contributed by atoms with Crippen LogP contribution < -0.4 is 5.32 Å². The first kappa shape index (κ1) is 22.5. The molecule has 1 saturated heterocycles. The summed E-state index contributed by atoms with van der Waals surface area (Å²) in [4.78, 5) is 9.62. The van der Waals surface area contributed by atoms with Crippen LogP contribution in [0.15, 0.2) is 53.2 Å². The molecule has 5 heteroatoms. The summed E-state index contributed by atoms with van der Waals surface area (Å²) in [6.07, 6.45) is 1.66. The van der Waals surface area contributed by atoms with Crippen LogP contribution in [0.1, 0.15) is 25.0 Å². The number of hydrogen-bond donors (Lipinski definition) is 1. The van der Waals surface area contributed by atoms with Crippen molar-refractivity contribution in [2.24, 2.45) is 4.99 Å². The molecule has 1 aliphatic rings. The van der Waals surface area contributed by atoms with E-state index in [4.69, 9.17) is 0 Å². The first-order valence-corrected chi connectivity index (χ1v) is 10.2. The molecular weight excluding hydrogens is 343 g/mol. The van der Waals surface area contributed by atoms with Crippen LogP contribution in [0.2, 0.25) is 6.82 Å². The molecule has 2 rings (SSSR count). The fourth-order valence-corrected chi connectivity index (χ4v) is 3.47. The quantitative estimate of drug-likeness (QED) is 0.530. The molecule has 1 aromatic carbocycles. The normalized spacial score (nSPS) is 16.2. The molecule has 1 fully saturated rings. The van der Waals surface area contributed by atoms with Gasteiger partial charge < -0.3 is 5.32 Å². The summed E-state index contributed by atoms with van der Waals surface area (Å²) < 4.78 is 0. The Kier molecular flexibility index (Phi) is 9.55. The first-order chi connectivity index (χ1) is 13.6. The molecule has 0 aromatic heterocycles. The maximum absolute atomic E-state index is 4.57. The summed E-state index contributed by atoms with van der Waals surface area (Å²) in [6.45, 7) is 19.6. The zero-order chi connectivity index (χ0) is 20.4. The van der Waals surface area contributed by atoms with Crippen LogP contribution in [0.4, 0.5) is 0 Å². The Morgan fingerprint density at radius 2 is 1.71 bits per heavy atom. The molecule has 0 saturated carbocycles. The molecule has 28 heavy (non-hydrogen) atoms. The molecule has 0 aliphatic carbocycles. The van der Waals surface area contributed by atoms with Crippen molar-refractivity contribution in [3.8, 4) is 0 Å². The zero-order valence-electron chi connectivity index (χ0n) is 18.0. The molecule has 0 atom stereocenters. The van der Waals surface area contributed by atoms with Gasteiger partial charge in [0, 0.05) is 6.54 Å². The van der Waals surface area contributed by atoms with Gasteiger partial charge in [0.2, 0.25) is 0 Å². The Morgan fingerprint density at radius 3 is 2.21 bits per heavy atom. The van der Waals surface area contributed by atoms with Crippen molar-refractivity contribution in [1.82, 2.24) is 15.1 Å². The summed E-state index contributed by atoms with van der Waals surface area (Å²) in [6, 6.07) is 8.68. The molecule has 0 unspecified atom stereocenters. The number of piperazine rings is 1. The number of hydrogen-bond acceptors (Lipinski definition) is 4. The third kappa shape index (κ3) is 6.97. The fraction of sp³-hybridized carbons (Fsp3) is 0.478. The molecular formula is C23H35BN4. The van der Waals surface area contributed by atoms with Gasteiger partial charge in [-0.25, -0.2) is 0 Å². The molecule has 0 radical (unpaired) electrons. The van der Waals surface area contributed by atoms with E-state index in [1.54, 1.807) is 6.20 Å². The van der Waals surface area contributed by atoms with Crippen LogP contribution in [0.3, 0.4) is 0 Å². The number of rotatable bonds is 9. The number of nitrogens with zero attached hydrogens (tertiary/aromatic N) is 3. The third-order valence-corrected chi connectivity index (χ3v) is 5.16. The molecule has 1 N–H and O–H groups in total. The van der Waals surface area contributed by atoms with E-state index < -0.39 is 0 Å². The van der Waals surface area contributed by atoms with Crippen molar-refractivity contribution < 1.29 is 0 Å². The van der Waals surface area contributed by atoms with Crippen molar-refractivity contribution in [2.45, 2.75) is 27.2 Å². The van der Waals surface area contributed by atoms with Gasteiger partial charge >= 0.3 is 147 Å². The van der Waals surface area contributed by atoms with Crippen LogP contribution in [0, 0.1) is 0 Å². The Labute approximate surface area is 171 Å². The topological polar surface area (TPSA) is 30.9 Å². The second-order valence-corrected chi connectivity index (χ2v) is 7.56. The van der Waals surface area contributed by atoms with E-state index in [1.165, 1.54) is 22.3 Å². The second kappa shape index (κ2) is 11.9. The molecule has 0 spiro atoms. The van der Waals surface area contributed by atoms with Crippen LogP contribution in [-0.2, 0) is 6.54 Å². The Morgan fingerprint density at radius 1 is 1.11 bits per heavy atom. The standard InChI is InChI=1S/C23H35BN4/c1-6-26-23(21-9-7-20(8-10-21)16-25-5)18-28-13-11-27(12-14-28)17-22(15-24-4)19(2)3/h6-10,15,25H,1,11-14,16-18H2,2-5H3. The average molecular weight is 378 g/mol. The van der Waals surface area contributed by atoms with E-state index in [2.05, 4.69) is 84.5 Å². The summed E-state index contributed by atoms with van der Waals surface area (Å²) in [5.41, 5.74) is 6.41. The van der Waals surface area contributed by atoms with Gasteiger partial charge in [0.25, 0.3) is 0 Å². The van der Waals surface area contributed by atoms with Gasteiger partial charge in [-0.05, 0) is 12.6 Å². The number of benzene rings is 1. The van der Waals surface area contributed by atoms with Gasteiger partial charge in [-0.3, -0.25) is 0 Å². The van der Waals surface area contributed by atoms with Gasteiger partial charge in [0.15, 0.2) is 0 Å². The molecule has 1 aliphatic heterocycles. The molecule has 4 nitrogen and oxygen atoms in total. The van der Waals surface area contributed by atoms with Crippen molar-refractivity contribution in [3.05, 3.63) is 59.3 Å². The molecule has 0 bridgehead atoms. The fourth-order valence-electron chi connectivity index (χ4n) is 3.47. The van der Waals surface area contributed by atoms with Gasteiger partial charge in [0.1, 0.15) is 0 Å². The van der Waals surface area contributed by atoms with Gasteiger partial charge in [-0.2, -0.15) is 0 Å². The van der Waals surface area contributed by atoms with Gasteiger partial charge in [-0.15, -0.1) is 0 Å². The molecule has 0 amide bonds. The summed E-state index contributed by atoms with van der Waals surface area (Å²) in [7, 11) is 1.97. The van der Waals surface area contributed by atoms with Crippen LogP contribution >= 0.6 is 0 Å². The molecule has 1 aromatic rings. The minimum atomic E-state index is 0.871.